The van der Waals surface area contributed by atoms with Crippen molar-refractivity contribution in [3.8, 4) is 0 Å². The monoisotopic (exact) mass is 249 g/mol. The zero-order valence-corrected chi connectivity index (χ0v) is 10.6. The van der Waals surface area contributed by atoms with Crippen LogP contribution in [0.1, 0.15) is 48.7 Å². The second-order valence-electron chi connectivity index (χ2n) is 4.81. The van der Waals surface area contributed by atoms with E-state index in [0.717, 1.165) is 24.1 Å². The minimum Gasteiger partial charge on any atom is -0.339 e. The molecule has 1 saturated carbocycles. The molecule has 0 spiro atoms. The van der Waals surface area contributed by atoms with Crippen LogP contribution in [0.2, 0.25) is 0 Å². The van der Waals surface area contributed by atoms with Crippen LogP contribution in [-0.2, 0) is 6.42 Å². The van der Waals surface area contributed by atoms with Gasteiger partial charge >= 0.3 is 0 Å². The number of aromatic nitrogens is 3. The van der Waals surface area contributed by atoms with Gasteiger partial charge in [0.25, 0.3) is 0 Å². The summed E-state index contributed by atoms with van der Waals surface area (Å²) in [7, 11) is 0. The maximum absolute atomic E-state index is 5.37. The largest absolute Gasteiger partial charge is 0.339 e. The third-order valence-corrected chi connectivity index (χ3v) is 4.12. The Hall–Kier alpha value is -1.23. The first-order valence-electron chi connectivity index (χ1n) is 6.01. The predicted molar refractivity (Wildman–Crippen MR) is 65.0 cm³/mol. The molecule has 2 aromatic heterocycles. The molecule has 0 aliphatic heterocycles. The standard InChI is InChI=1S/C12H15N3OS/c1-8-2-3-9(4-8)12-14-11(15-16-12)5-10-6-13-7-17-10/h6-9H,2-5H2,1H3. The van der Waals surface area contributed by atoms with Crippen molar-refractivity contribution < 1.29 is 4.52 Å². The number of thiazole rings is 1. The molecule has 0 saturated heterocycles. The quantitative estimate of drug-likeness (QED) is 0.839. The Balaban J connectivity index is 1.70. The third kappa shape index (κ3) is 2.39. The summed E-state index contributed by atoms with van der Waals surface area (Å²) in [4.78, 5) is 9.73. The van der Waals surface area contributed by atoms with Crippen LogP contribution < -0.4 is 0 Å². The van der Waals surface area contributed by atoms with Crippen LogP contribution in [0.25, 0.3) is 0 Å². The van der Waals surface area contributed by atoms with E-state index in [1.807, 2.05) is 11.7 Å². The van der Waals surface area contributed by atoms with E-state index < -0.39 is 0 Å². The summed E-state index contributed by atoms with van der Waals surface area (Å²) in [5.41, 5.74) is 1.83. The van der Waals surface area contributed by atoms with Gasteiger partial charge in [-0.15, -0.1) is 11.3 Å². The van der Waals surface area contributed by atoms with E-state index in [2.05, 4.69) is 22.0 Å². The minimum atomic E-state index is 0.479. The van der Waals surface area contributed by atoms with Gasteiger partial charge in [0.05, 0.1) is 5.51 Å². The van der Waals surface area contributed by atoms with Gasteiger partial charge < -0.3 is 4.52 Å². The zero-order valence-electron chi connectivity index (χ0n) is 9.80. The lowest BCUT2D eigenvalue weighted by atomic mass is 10.1. The molecule has 0 aromatic carbocycles. The van der Waals surface area contributed by atoms with Gasteiger partial charge in [0.15, 0.2) is 5.82 Å². The maximum atomic E-state index is 5.37. The molecule has 0 N–H and O–H groups in total. The summed E-state index contributed by atoms with van der Waals surface area (Å²) >= 11 is 1.63. The molecule has 17 heavy (non-hydrogen) atoms. The molecule has 1 aliphatic carbocycles. The Labute approximate surface area is 104 Å². The van der Waals surface area contributed by atoms with Crippen LogP contribution in [0.4, 0.5) is 0 Å². The van der Waals surface area contributed by atoms with Gasteiger partial charge in [-0.3, -0.25) is 4.98 Å². The highest BCUT2D eigenvalue weighted by atomic mass is 32.1. The summed E-state index contributed by atoms with van der Waals surface area (Å²) in [6.07, 6.45) is 6.23. The topological polar surface area (TPSA) is 51.8 Å². The summed E-state index contributed by atoms with van der Waals surface area (Å²) < 4.78 is 5.37. The van der Waals surface area contributed by atoms with E-state index in [-0.39, 0.29) is 0 Å². The third-order valence-electron chi connectivity index (χ3n) is 3.34. The van der Waals surface area contributed by atoms with Gasteiger partial charge in [-0.25, -0.2) is 0 Å². The fourth-order valence-electron chi connectivity index (χ4n) is 2.42. The fraction of sp³-hybridized carbons (Fsp3) is 0.583. The van der Waals surface area contributed by atoms with E-state index in [1.165, 1.54) is 24.1 Å². The first-order chi connectivity index (χ1) is 8.31. The Morgan fingerprint density at radius 1 is 1.47 bits per heavy atom. The van der Waals surface area contributed by atoms with Crippen molar-refractivity contribution in [1.82, 2.24) is 15.1 Å². The Morgan fingerprint density at radius 2 is 2.41 bits per heavy atom. The van der Waals surface area contributed by atoms with Crippen molar-refractivity contribution in [2.24, 2.45) is 5.92 Å². The summed E-state index contributed by atoms with van der Waals surface area (Å²) in [6, 6.07) is 0. The number of hydrogen-bond acceptors (Lipinski definition) is 5. The Bertz CT molecular complexity index is 480. The Morgan fingerprint density at radius 3 is 3.12 bits per heavy atom. The van der Waals surface area contributed by atoms with Gasteiger partial charge in [-0.1, -0.05) is 12.1 Å². The lowest BCUT2D eigenvalue weighted by Gasteiger charge is -2.01. The van der Waals surface area contributed by atoms with Crippen molar-refractivity contribution >= 4 is 11.3 Å². The van der Waals surface area contributed by atoms with E-state index >= 15 is 0 Å². The second-order valence-corrected chi connectivity index (χ2v) is 5.78. The molecule has 2 atom stereocenters. The molecule has 0 bridgehead atoms. The maximum Gasteiger partial charge on any atom is 0.229 e. The average molecular weight is 249 g/mol. The molecular formula is C12H15N3OS. The molecule has 4 nitrogen and oxygen atoms in total. The molecule has 1 fully saturated rings. The van der Waals surface area contributed by atoms with Crippen LogP contribution in [-0.4, -0.2) is 15.1 Å². The molecule has 5 heteroatoms. The summed E-state index contributed by atoms with van der Waals surface area (Å²) in [5, 5.41) is 4.05. The molecular weight excluding hydrogens is 234 g/mol. The van der Waals surface area contributed by atoms with Crippen LogP contribution in [0.5, 0.6) is 0 Å². The van der Waals surface area contributed by atoms with Crippen molar-refractivity contribution in [1.29, 1.82) is 0 Å². The molecule has 0 amide bonds. The molecule has 0 radical (unpaired) electrons. The van der Waals surface area contributed by atoms with Gasteiger partial charge in [-0.05, 0) is 25.2 Å². The lowest BCUT2D eigenvalue weighted by molar-refractivity contribution is 0.348. The van der Waals surface area contributed by atoms with Gasteiger partial charge in [-0.2, -0.15) is 4.98 Å². The van der Waals surface area contributed by atoms with E-state index in [9.17, 15) is 0 Å². The molecule has 3 rings (SSSR count). The van der Waals surface area contributed by atoms with E-state index in [1.54, 1.807) is 11.3 Å². The van der Waals surface area contributed by atoms with Gasteiger partial charge in [0.1, 0.15) is 0 Å². The minimum absolute atomic E-state index is 0.479. The highest BCUT2D eigenvalue weighted by molar-refractivity contribution is 7.09. The predicted octanol–water partition coefficient (Wildman–Crippen LogP) is 3.02. The van der Waals surface area contributed by atoms with Crippen molar-refractivity contribution in [3.63, 3.8) is 0 Å². The van der Waals surface area contributed by atoms with Crippen LogP contribution in [0, 0.1) is 5.92 Å². The molecule has 1 aliphatic rings. The highest BCUT2D eigenvalue weighted by Crippen LogP contribution is 2.37. The van der Waals surface area contributed by atoms with Crippen LogP contribution in [0.15, 0.2) is 16.2 Å². The first-order valence-corrected chi connectivity index (χ1v) is 6.89. The van der Waals surface area contributed by atoms with Crippen molar-refractivity contribution in [2.45, 2.75) is 38.5 Å². The smallest absolute Gasteiger partial charge is 0.229 e. The SMILES string of the molecule is CC1CCC(c2nc(Cc3cncs3)no2)C1. The molecule has 2 aromatic rings. The van der Waals surface area contributed by atoms with Crippen molar-refractivity contribution in [3.05, 3.63) is 28.3 Å². The highest BCUT2D eigenvalue weighted by Gasteiger charge is 2.27. The Kier molecular flexibility index (Phi) is 2.93. The summed E-state index contributed by atoms with van der Waals surface area (Å²) in [5.74, 6) is 2.88. The molecule has 2 heterocycles. The van der Waals surface area contributed by atoms with Crippen LogP contribution >= 0.6 is 11.3 Å². The normalized spacial score (nSPS) is 24.3. The first kappa shape index (κ1) is 10.9. The second kappa shape index (κ2) is 4.56. The number of nitrogens with zero attached hydrogens (tertiary/aromatic N) is 3. The van der Waals surface area contributed by atoms with Gasteiger partial charge in [0, 0.05) is 23.4 Å². The van der Waals surface area contributed by atoms with Crippen LogP contribution in [0.3, 0.4) is 0 Å². The number of rotatable bonds is 3. The van der Waals surface area contributed by atoms with E-state index in [4.69, 9.17) is 4.52 Å². The lowest BCUT2D eigenvalue weighted by Crippen LogP contribution is -1.95. The number of hydrogen-bond donors (Lipinski definition) is 0. The fourth-order valence-corrected chi connectivity index (χ4v) is 3.01. The molecule has 2 unspecified atom stereocenters. The molecule has 90 valence electrons. The van der Waals surface area contributed by atoms with Gasteiger partial charge in [0.2, 0.25) is 5.89 Å². The average Bonchev–Trinajstić information content (AvgIpc) is 2.99. The summed E-state index contributed by atoms with van der Waals surface area (Å²) in [6.45, 7) is 2.29. The zero-order chi connectivity index (χ0) is 11.7. The van der Waals surface area contributed by atoms with Crippen molar-refractivity contribution in [2.75, 3.05) is 0 Å². The van der Waals surface area contributed by atoms with E-state index in [0.29, 0.717) is 5.92 Å².